The minimum Gasteiger partial charge on any atom is -0.479 e. The minimum absolute atomic E-state index is 0.823. The molecule has 4 aliphatic heterocycles. The standard InChI is InChI=1S/C24H40O22/c25-1-4-16(9(30)12(33)21(39)40-4)43-22-14(35)10(31)17(5(2-26)41-22)44-23-15(36)11(32)18(6(3-27)42-23)45-24-13(34)7(28)8(29)19(46-24)20(37)38/h4-19,21-36,39H,1-3H2,(H,37,38)/t4-,5-,6-,7+,8+,9-,10-,11-,12-,13-,14-,15-,16-,17-,18-,19+,21?,22+,23+,24-/m1/s1. The molecule has 0 aromatic heterocycles. The van der Waals surface area contributed by atoms with Crippen LogP contribution in [0.15, 0.2) is 0 Å². The van der Waals surface area contributed by atoms with Crippen molar-refractivity contribution in [2.45, 2.75) is 123 Å². The van der Waals surface area contributed by atoms with Crippen LogP contribution in [0.1, 0.15) is 0 Å². The molecule has 0 spiro atoms. The van der Waals surface area contributed by atoms with E-state index in [0.717, 1.165) is 0 Å². The Hall–Kier alpha value is -1.33. The molecule has 20 atom stereocenters. The van der Waals surface area contributed by atoms with Crippen LogP contribution in [-0.4, -0.2) is 220 Å². The van der Waals surface area contributed by atoms with Crippen molar-refractivity contribution in [3.05, 3.63) is 0 Å². The van der Waals surface area contributed by atoms with Gasteiger partial charge in [0.05, 0.1) is 19.8 Å². The van der Waals surface area contributed by atoms with Crippen LogP contribution in [0.5, 0.6) is 0 Å². The molecule has 14 N–H and O–H groups in total. The van der Waals surface area contributed by atoms with Crippen molar-refractivity contribution >= 4 is 5.97 Å². The first kappa shape index (κ1) is 37.5. The van der Waals surface area contributed by atoms with Gasteiger partial charge in [0.15, 0.2) is 31.3 Å². The lowest BCUT2D eigenvalue weighted by atomic mass is 9.95. The maximum absolute atomic E-state index is 11.4. The molecule has 1 unspecified atom stereocenters. The summed E-state index contributed by atoms with van der Waals surface area (Å²) in [6, 6.07) is 0. The van der Waals surface area contributed by atoms with E-state index in [1.165, 1.54) is 0 Å². The number of carboxylic acid groups (broad SMARTS) is 1. The van der Waals surface area contributed by atoms with Crippen LogP contribution >= 0.6 is 0 Å². The zero-order valence-electron chi connectivity index (χ0n) is 23.7. The van der Waals surface area contributed by atoms with Crippen molar-refractivity contribution in [2.75, 3.05) is 19.8 Å². The molecule has 0 saturated carbocycles. The summed E-state index contributed by atoms with van der Waals surface area (Å²) >= 11 is 0. The van der Waals surface area contributed by atoms with Gasteiger partial charge in [0, 0.05) is 0 Å². The van der Waals surface area contributed by atoms with Crippen LogP contribution < -0.4 is 0 Å². The molecule has 268 valence electrons. The van der Waals surface area contributed by atoms with Gasteiger partial charge in [-0.05, 0) is 0 Å². The van der Waals surface area contributed by atoms with Crippen LogP contribution in [0.2, 0.25) is 0 Å². The van der Waals surface area contributed by atoms with Gasteiger partial charge in [-0.25, -0.2) is 4.79 Å². The number of hydrogen-bond donors (Lipinski definition) is 14. The molecular formula is C24H40O22. The summed E-state index contributed by atoms with van der Waals surface area (Å²) in [6.07, 6.45) is -37.7. The van der Waals surface area contributed by atoms with E-state index in [-0.39, 0.29) is 0 Å². The molecule has 4 heterocycles. The monoisotopic (exact) mass is 680 g/mol. The number of aliphatic hydroxyl groups is 13. The molecule has 4 rings (SSSR count). The minimum atomic E-state index is -2.09. The molecule has 4 aliphatic rings. The summed E-state index contributed by atoms with van der Waals surface area (Å²) < 4.78 is 37.2. The molecule has 0 aromatic rings. The Kier molecular flexibility index (Phi) is 12.6. The average molecular weight is 681 g/mol. The molecule has 0 radical (unpaired) electrons. The molecule has 0 bridgehead atoms. The van der Waals surface area contributed by atoms with Crippen molar-refractivity contribution in [1.29, 1.82) is 0 Å². The van der Waals surface area contributed by atoms with E-state index >= 15 is 0 Å². The molecule has 22 nitrogen and oxygen atoms in total. The van der Waals surface area contributed by atoms with E-state index in [1.54, 1.807) is 0 Å². The van der Waals surface area contributed by atoms with E-state index in [9.17, 15) is 76.3 Å². The third-order valence-electron chi connectivity index (χ3n) is 8.17. The first-order valence-corrected chi connectivity index (χ1v) is 14.1. The molecule has 22 heteroatoms. The Morgan fingerprint density at radius 2 is 0.804 bits per heavy atom. The van der Waals surface area contributed by atoms with Crippen LogP contribution in [0.3, 0.4) is 0 Å². The van der Waals surface area contributed by atoms with Gasteiger partial charge in [-0.3, -0.25) is 0 Å². The fourth-order valence-corrected chi connectivity index (χ4v) is 5.53. The zero-order chi connectivity index (χ0) is 34.2. The smallest absolute Gasteiger partial charge is 0.335 e. The summed E-state index contributed by atoms with van der Waals surface area (Å²) in [4.78, 5) is 11.4. The normalized spacial score (nSPS) is 51.9. The largest absolute Gasteiger partial charge is 0.479 e. The maximum atomic E-state index is 11.4. The highest BCUT2D eigenvalue weighted by molar-refractivity contribution is 5.73. The number of carboxylic acids is 1. The van der Waals surface area contributed by atoms with Crippen molar-refractivity contribution in [3.63, 3.8) is 0 Å². The van der Waals surface area contributed by atoms with E-state index in [2.05, 4.69) is 0 Å². The quantitative estimate of drug-likeness (QED) is 0.102. The summed E-state index contributed by atoms with van der Waals surface area (Å²) in [5.41, 5.74) is 0. The topological polar surface area (TPSA) is 365 Å². The Morgan fingerprint density at radius 1 is 0.457 bits per heavy atom. The summed E-state index contributed by atoms with van der Waals surface area (Å²) in [5.74, 6) is -1.73. The lowest BCUT2D eigenvalue weighted by Gasteiger charge is -2.48. The number of rotatable bonds is 10. The van der Waals surface area contributed by atoms with Gasteiger partial charge < -0.3 is 105 Å². The third-order valence-corrected chi connectivity index (χ3v) is 8.17. The van der Waals surface area contributed by atoms with Gasteiger partial charge in [0.1, 0.15) is 91.6 Å². The molecule has 4 fully saturated rings. The number of hydrogen-bond acceptors (Lipinski definition) is 21. The van der Waals surface area contributed by atoms with Gasteiger partial charge in [-0.15, -0.1) is 0 Å². The molecular weight excluding hydrogens is 640 g/mol. The van der Waals surface area contributed by atoms with Crippen LogP contribution in [0.25, 0.3) is 0 Å². The lowest BCUT2D eigenvalue weighted by Crippen LogP contribution is -2.67. The Bertz CT molecular complexity index is 986. The lowest BCUT2D eigenvalue weighted by molar-refractivity contribution is -0.386. The fourth-order valence-electron chi connectivity index (χ4n) is 5.53. The molecule has 0 aliphatic carbocycles. The maximum Gasteiger partial charge on any atom is 0.335 e. The molecule has 46 heavy (non-hydrogen) atoms. The van der Waals surface area contributed by atoms with Crippen LogP contribution in [0, 0.1) is 0 Å². The van der Waals surface area contributed by atoms with E-state index in [4.69, 9.17) is 33.2 Å². The molecule has 0 amide bonds. The van der Waals surface area contributed by atoms with Gasteiger partial charge in [0.2, 0.25) is 0 Å². The van der Waals surface area contributed by atoms with Crippen LogP contribution in [-0.2, 0) is 38.0 Å². The van der Waals surface area contributed by atoms with Gasteiger partial charge in [-0.2, -0.15) is 0 Å². The SMILES string of the molecule is O=C(O)[C@H]1O[C@@H](O[C@H]2[C@H](O)[C@@H](O)[C@H](O[C@H]3[C@H](O)[C@@H](O)[C@H](O[C@H]4[C@H](O)[C@@H](O)C(O)O[C@@H]4CO)O[C@@H]3CO)O[C@@H]2CO)[C@H](O)[C@@H](O)[C@@H]1O. The fraction of sp³-hybridized carbons (Fsp3) is 0.958. The third kappa shape index (κ3) is 7.31. The van der Waals surface area contributed by atoms with Crippen molar-refractivity contribution in [2.24, 2.45) is 0 Å². The van der Waals surface area contributed by atoms with Crippen molar-refractivity contribution in [3.8, 4) is 0 Å². The van der Waals surface area contributed by atoms with Crippen LogP contribution in [0.4, 0.5) is 0 Å². The van der Waals surface area contributed by atoms with Gasteiger partial charge in [0.25, 0.3) is 0 Å². The summed E-state index contributed by atoms with van der Waals surface area (Å²) in [6.45, 7) is -2.72. The Morgan fingerprint density at radius 3 is 1.20 bits per heavy atom. The first-order chi connectivity index (χ1) is 21.7. The van der Waals surface area contributed by atoms with Gasteiger partial charge in [-0.1, -0.05) is 0 Å². The highest BCUT2D eigenvalue weighted by Crippen LogP contribution is 2.34. The first-order valence-electron chi connectivity index (χ1n) is 14.1. The predicted octanol–water partition coefficient (Wildman–Crippen LogP) is -9.66. The van der Waals surface area contributed by atoms with E-state index < -0.39 is 149 Å². The highest BCUT2D eigenvalue weighted by Gasteiger charge is 2.55. The average Bonchev–Trinajstić information content (AvgIpc) is 3.03. The van der Waals surface area contributed by atoms with E-state index in [1.807, 2.05) is 0 Å². The number of ether oxygens (including phenoxy) is 7. The summed E-state index contributed by atoms with van der Waals surface area (Å²) in [7, 11) is 0. The van der Waals surface area contributed by atoms with Crippen molar-refractivity contribution < 1.29 is 109 Å². The second-order valence-electron chi connectivity index (χ2n) is 11.2. The number of carbonyl (C=O) groups is 1. The highest BCUT2D eigenvalue weighted by atomic mass is 16.8. The zero-order valence-corrected chi connectivity index (χ0v) is 23.7. The Labute approximate surface area is 258 Å². The second-order valence-corrected chi connectivity index (χ2v) is 11.2. The van der Waals surface area contributed by atoms with Gasteiger partial charge >= 0.3 is 5.97 Å². The Balaban J connectivity index is 1.44. The van der Waals surface area contributed by atoms with E-state index in [0.29, 0.717) is 0 Å². The predicted molar refractivity (Wildman–Crippen MR) is 134 cm³/mol. The molecule has 0 aromatic carbocycles. The number of aliphatic hydroxyl groups excluding tert-OH is 13. The number of aliphatic carboxylic acids is 1. The second kappa shape index (κ2) is 15.5. The molecule has 4 saturated heterocycles. The van der Waals surface area contributed by atoms with Crippen molar-refractivity contribution in [1.82, 2.24) is 0 Å². The summed E-state index contributed by atoms with van der Waals surface area (Å²) in [5, 5.41) is 142.